The second-order valence-corrected chi connectivity index (χ2v) is 8.03. The number of amides is 2. The Bertz CT molecular complexity index is 790. The Morgan fingerprint density at radius 1 is 1.21 bits per heavy atom. The maximum atomic E-state index is 12.3. The molecule has 2 amide bonds. The third-order valence-electron chi connectivity index (χ3n) is 4.86. The fraction of sp³-hybridized carbons (Fsp3) is 0.429. The largest absolute Gasteiger partial charge is 0.356 e. The van der Waals surface area contributed by atoms with Crippen molar-refractivity contribution in [2.45, 2.75) is 32.2 Å². The van der Waals surface area contributed by atoms with Crippen LogP contribution in [-0.4, -0.2) is 43.6 Å². The zero-order valence-corrected chi connectivity index (χ0v) is 20.1. The molecule has 1 saturated heterocycles. The first-order chi connectivity index (χ1) is 13.7. The van der Waals surface area contributed by atoms with Crippen molar-refractivity contribution in [3.05, 3.63) is 52.2 Å². The van der Waals surface area contributed by atoms with Gasteiger partial charge in [0.15, 0.2) is 5.96 Å². The normalized spacial score (nSPS) is 14.8. The first-order valence-corrected chi connectivity index (χ1v) is 10.7. The van der Waals surface area contributed by atoms with Crippen molar-refractivity contribution >= 4 is 53.0 Å². The minimum Gasteiger partial charge on any atom is -0.356 e. The molecule has 0 bridgehead atoms. The molecule has 3 N–H and O–H groups in total. The van der Waals surface area contributed by atoms with Crippen LogP contribution in [0.2, 0.25) is 0 Å². The molecule has 1 aliphatic rings. The highest BCUT2D eigenvalue weighted by molar-refractivity contribution is 14.0. The number of thiophene rings is 1. The standard InChI is InChI=1S/C21H29N5OS.HI/c1-16(19-9-6-12-28-19)14-23-20(22-2)24-15-17-7-5-8-18(13-17)25-21(27)26-10-3-4-11-26;/h5-9,12-13,16H,3-4,10-11,14-15H2,1-2H3,(H,25,27)(H2,22,23,24);1H. The van der Waals surface area contributed by atoms with Crippen molar-refractivity contribution in [1.29, 1.82) is 0 Å². The van der Waals surface area contributed by atoms with Crippen LogP contribution in [0.25, 0.3) is 0 Å². The van der Waals surface area contributed by atoms with Gasteiger partial charge in [0.1, 0.15) is 0 Å². The molecule has 158 valence electrons. The Balaban J connectivity index is 0.00000300. The van der Waals surface area contributed by atoms with Crippen LogP contribution >= 0.6 is 35.3 Å². The summed E-state index contributed by atoms with van der Waals surface area (Å²) in [6.45, 7) is 5.36. The maximum Gasteiger partial charge on any atom is 0.321 e. The van der Waals surface area contributed by atoms with Crippen LogP contribution in [0.1, 0.15) is 36.1 Å². The zero-order valence-electron chi connectivity index (χ0n) is 17.0. The van der Waals surface area contributed by atoms with Crippen LogP contribution < -0.4 is 16.0 Å². The van der Waals surface area contributed by atoms with E-state index in [1.54, 1.807) is 18.4 Å². The molecule has 6 nitrogen and oxygen atoms in total. The molecule has 0 saturated carbocycles. The van der Waals surface area contributed by atoms with Gasteiger partial charge in [-0.2, -0.15) is 0 Å². The van der Waals surface area contributed by atoms with Crippen molar-refractivity contribution in [2.24, 2.45) is 4.99 Å². The number of guanidine groups is 1. The molecule has 1 fully saturated rings. The molecule has 0 spiro atoms. The molecule has 8 heteroatoms. The van der Waals surface area contributed by atoms with E-state index in [9.17, 15) is 4.79 Å². The van der Waals surface area contributed by atoms with Crippen LogP contribution in [0.3, 0.4) is 0 Å². The predicted octanol–water partition coefficient (Wildman–Crippen LogP) is 4.46. The molecular weight excluding hydrogens is 497 g/mol. The Kier molecular flexibility index (Phi) is 9.72. The molecule has 1 unspecified atom stereocenters. The first kappa shape index (κ1) is 23.5. The van der Waals surface area contributed by atoms with Gasteiger partial charge in [0.05, 0.1) is 0 Å². The van der Waals surface area contributed by atoms with Crippen molar-refractivity contribution in [3.8, 4) is 0 Å². The van der Waals surface area contributed by atoms with Crippen molar-refractivity contribution < 1.29 is 4.79 Å². The highest BCUT2D eigenvalue weighted by Gasteiger charge is 2.17. The first-order valence-electron chi connectivity index (χ1n) is 9.78. The Morgan fingerprint density at radius 3 is 2.69 bits per heavy atom. The molecule has 1 aromatic heterocycles. The van der Waals surface area contributed by atoms with Crippen molar-refractivity contribution in [3.63, 3.8) is 0 Å². The van der Waals surface area contributed by atoms with Crippen molar-refractivity contribution in [2.75, 3.05) is 32.0 Å². The number of halogens is 1. The average molecular weight is 527 g/mol. The van der Waals surface area contributed by atoms with Gasteiger partial charge < -0.3 is 20.9 Å². The van der Waals surface area contributed by atoms with E-state index in [2.05, 4.69) is 45.4 Å². The summed E-state index contributed by atoms with van der Waals surface area (Å²) >= 11 is 1.78. The lowest BCUT2D eigenvalue weighted by Crippen LogP contribution is -2.38. The smallest absolute Gasteiger partial charge is 0.321 e. The zero-order chi connectivity index (χ0) is 19.8. The summed E-state index contributed by atoms with van der Waals surface area (Å²) < 4.78 is 0. The van der Waals surface area contributed by atoms with Gasteiger partial charge in [0.25, 0.3) is 0 Å². The number of aliphatic imine (C=N–C) groups is 1. The highest BCUT2D eigenvalue weighted by Crippen LogP contribution is 2.19. The second kappa shape index (κ2) is 12.0. The quantitative estimate of drug-likeness (QED) is 0.295. The number of hydrogen-bond donors (Lipinski definition) is 3. The van der Waals surface area contributed by atoms with E-state index in [4.69, 9.17) is 0 Å². The van der Waals surface area contributed by atoms with Gasteiger partial charge in [0, 0.05) is 49.7 Å². The summed E-state index contributed by atoms with van der Waals surface area (Å²) in [6.07, 6.45) is 2.18. The molecular formula is C21H30IN5OS. The fourth-order valence-electron chi connectivity index (χ4n) is 3.21. The van der Waals surface area contributed by atoms with E-state index in [0.717, 1.165) is 49.7 Å². The third kappa shape index (κ3) is 7.18. The summed E-state index contributed by atoms with van der Waals surface area (Å²) in [5, 5.41) is 11.8. The summed E-state index contributed by atoms with van der Waals surface area (Å²) in [4.78, 5) is 19.8. The third-order valence-corrected chi connectivity index (χ3v) is 5.96. The second-order valence-electron chi connectivity index (χ2n) is 7.05. The molecule has 2 heterocycles. The number of benzene rings is 1. The lowest BCUT2D eigenvalue weighted by Gasteiger charge is -2.17. The molecule has 29 heavy (non-hydrogen) atoms. The van der Waals surface area contributed by atoms with Crippen molar-refractivity contribution in [1.82, 2.24) is 15.5 Å². The summed E-state index contributed by atoms with van der Waals surface area (Å²) in [5.74, 6) is 1.21. The van der Waals surface area contributed by atoms with E-state index >= 15 is 0 Å². The molecule has 0 radical (unpaired) electrons. The number of rotatable bonds is 6. The number of carbonyl (C=O) groups is 1. The molecule has 1 aromatic carbocycles. The van der Waals surface area contributed by atoms with Gasteiger partial charge in [-0.15, -0.1) is 35.3 Å². The summed E-state index contributed by atoms with van der Waals surface area (Å²) in [7, 11) is 1.78. The summed E-state index contributed by atoms with van der Waals surface area (Å²) in [6, 6.07) is 12.2. The predicted molar refractivity (Wildman–Crippen MR) is 133 cm³/mol. The lowest BCUT2D eigenvalue weighted by atomic mass is 10.1. The molecule has 1 atom stereocenters. The van der Waals surface area contributed by atoms with E-state index in [0.29, 0.717) is 12.5 Å². The molecule has 3 rings (SSSR count). The number of nitrogens with one attached hydrogen (secondary N) is 3. The number of likely N-dealkylation sites (tertiary alicyclic amines) is 1. The molecule has 1 aliphatic heterocycles. The monoisotopic (exact) mass is 527 g/mol. The number of urea groups is 1. The lowest BCUT2D eigenvalue weighted by molar-refractivity contribution is 0.222. The molecule has 0 aliphatic carbocycles. The van der Waals surface area contributed by atoms with Gasteiger partial charge in [0.2, 0.25) is 0 Å². The summed E-state index contributed by atoms with van der Waals surface area (Å²) in [5.41, 5.74) is 1.92. The highest BCUT2D eigenvalue weighted by atomic mass is 127. The minimum atomic E-state index is -0.0114. The van der Waals surface area contributed by atoms with Crippen LogP contribution in [-0.2, 0) is 6.54 Å². The van der Waals surface area contributed by atoms with E-state index in [-0.39, 0.29) is 30.0 Å². The topological polar surface area (TPSA) is 68.8 Å². The number of anilines is 1. The average Bonchev–Trinajstić information content (AvgIpc) is 3.42. The Hall–Kier alpha value is -1.81. The maximum absolute atomic E-state index is 12.3. The SMILES string of the molecule is CN=C(NCc1cccc(NC(=O)N2CCCC2)c1)NCC(C)c1cccs1.I. The Labute approximate surface area is 194 Å². The Morgan fingerprint density at radius 2 is 2.00 bits per heavy atom. The van der Waals surface area contributed by atoms with Crippen LogP contribution in [0.5, 0.6) is 0 Å². The minimum absolute atomic E-state index is 0. The fourth-order valence-corrected chi connectivity index (χ4v) is 4.00. The number of nitrogens with zero attached hydrogens (tertiary/aromatic N) is 2. The van der Waals surface area contributed by atoms with Gasteiger partial charge in [-0.1, -0.05) is 25.1 Å². The van der Waals surface area contributed by atoms with Gasteiger partial charge >= 0.3 is 6.03 Å². The number of hydrogen-bond acceptors (Lipinski definition) is 3. The van der Waals surface area contributed by atoms with Crippen LogP contribution in [0.4, 0.5) is 10.5 Å². The van der Waals surface area contributed by atoms with E-state index < -0.39 is 0 Å². The van der Waals surface area contributed by atoms with Crippen LogP contribution in [0, 0.1) is 0 Å². The van der Waals surface area contributed by atoms with E-state index in [1.807, 2.05) is 29.2 Å². The van der Waals surface area contributed by atoms with Gasteiger partial charge in [-0.25, -0.2) is 4.79 Å². The van der Waals surface area contributed by atoms with Crippen LogP contribution in [0.15, 0.2) is 46.8 Å². The van der Waals surface area contributed by atoms with E-state index in [1.165, 1.54) is 4.88 Å². The molecule has 2 aromatic rings. The van der Waals surface area contributed by atoms with Gasteiger partial charge in [-0.05, 0) is 42.0 Å². The van der Waals surface area contributed by atoms with Gasteiger partial charge in [-0.3, -0.25) is 4.99 Å². The number of carbonyl (C=O) groups excluding carboxylic acids is 1.